The number of alkyl halides is 3. The SMILES string of the molecule is C[N+]1(C)CC(c2ccc(C3=C(c4nn[nH]n4)C(S(N)(=O)=O)=C(C(F)(F)F)CC3)cc2)C1. The first-order valence-electron chi connectivity index (χ1n) is 9.60. The molecule has 0 amide bonds. The second-order valence-electron chi connectivity index (χ2n) is 8.56. The summed E-state index contributed by atoms with van der Waals surface area (Å²) >= 11 is 0. The zero-order valence-corrected chi connectivity index (χ0v) is 17.8. The third kappa shape index (κ3) is 4.14. The molecule has 0 unspecified atom stereocenters. The van der Waals surface area contributed by atoms with Crippen molar-refractivity contribution >= 4 is 21.2 Å². The van der Waals surface area contributed by atoms with E-state index in [-0.39, 0.29) is 17.8 Å². The Morgan fingerprint density at radius 3 is 2.26 bits per heavy atom. The molecule has 1 aliphatic heterocycles. The summed E-state index contributed by atoms with van der Waals surface area (Å²) < 4.78 is 66.4. The van der Waals surface area contributed by atoms with Gasteiger partial charge in [-0.25, -0.2) is 13.6 Å². The molecule has 1 aromatic heterocycles. The molecule has 31 heavy (non-hydrogen) atoms. The molecule has 8 nitrogen and oxygen atoms in total. The fraction of sp³-hybridized carbons (Fsp3) is 0.421. The van der Waals surface area contributed by atoms with Crippen molar-refractivity contribution in [1.29, 1.82) is 0 Å². The molecule has 0 saturated carbocycles. The standard InChI is InChI=1S/C19H22F3N6O2S/c1-28(2)9-13(10-28)11-3-5-12(6-4-11)14-7-8-15(19(20,21)22)17(31(23,29)30)16(14)18-24-26-27-25-18/h3-6,13H,7-10H2,1-2H3,(H2,23,29,30)(H,24,25,26,27)/q+1. The number of allylic oxidation sites excluding steroid dienone is 3. The minimum absolute atomic E-state index is 0.0373. The number of aromatic nitrogens is 4. The first kappa shape index (κ1) is 21.7. The highest BCUT2D eigenvalue weighted by Crippen LogP contribution is 2.47. The number of likely N-dealkylation sites (N-methyl/N-ethyl adjacent to an activating group) is 1. The van der Waals surface area contributed by atoms with Crippen LogP contribution in [0.25, 0.3) is 11.1 Å². The van der Waals surface area contributed by atoms with E-state index in [1.807, 2.05) is 12.1 Å². The van der Waals surface area contributed by atoms with Crippen molar-refractivity contribution in [2.24, 2.45) is 5.14 Å². The molecule has 3 N–H and O–H groups in total. The van der Waals surface area contributed by atoms with Gasteiger partial charge in [0.05, 0.1) is 38.7 Å². The number of halogens is 3. The van der Waals surface area contributed by atoms with E-state index < -0.39 is 33.1 Å². The van der Waals surface area contributed by atoms with Crippen LogP contribution in [-0.2, 0) is 10.0 Å². The van der Waals surface area contributed by atoms with Crippen molar-refractivity contribution in [3.05, 3.63) is 51.7 Å². The van der Waals surface area contributed by atoms with Gasteiger partial charge >= 0.3 is 6.18 Å². The van der Waals surface area contributed by atoms with Gasteiger partial charge in [0.15, 0.2) is 0 Å². The Kier molecular flexibility index (Phi) is 5.06. The third-order valence-corrected chi connectivity index (χ3v) is 6.80. The van der Waals surface area contributed by atoms with Crippen molar-refractivity contribution in [2.45, 2.75) is 24.9 Å². The number of hydrogen-bond donors (Lipinski definition) is 2. The number of nitrogens with zero attached hydrogens (tertiary/aromatic N) is 4. The number of nitrogens with one attached hydrogen (secondary N) is 1. The number of benzene rings is 1. The van der Waals surface area contributed by atoms with Crippen LogP contribution >= 0.6 is 0 Å². The van der Waals surface area contributed by atoms with Gasteiger partial charge in [0.2, 0.25) is 15.8 Å². The highest BCUT2D eigenvalue weighted by Gasteiger charge is 2.44. The van der Waals surface area contributed by atoms with Crippen molar-refractivity contribution in [3.63, 3.8) is 0 Å². The topological polar surface area (TPSA) is 115 Å². The lowest BCUT2D eigenvalue weighted by molar-refractivity contribution is -0.932. The largest absolute Gasteiger partial charge is 0.414 e. The van der Waals surface area contributed by atoms with Gasteiger partial charge < -0.3 is 4.48 Å². The molecule has 0 atom stereocenters. The maximum absolute atomic E-state index is 13.6. The van der Waals surface area contributed by atoms with Crippen LogP contribution in [0.2, 0.25) is 0 Å². The molecule has 12 heteroatoms. The number of hydrogen-bond acceptors (Lipinski definition) is 5. The van der Waals surface area contributed by atoms with Crippen LogP contribution in [0.15, 0.2) is 34.7 Å². The summed E-state index contributed by atoms with van der Waals surface area (Å²) in [6.45, 7) is 2.01. The van der Waals surface area contributed by atoms with Crippen LogP contribution in [0, 0.1) is 0 Å². The summed E-state index contributed by atoms with van der Waals surface area (Å²) in [7, 11) is -0.432. The molecule has 2 aromatic rings. The fourth-order valence-electron chi connectivity index (χ4n) is 4.46. The van der Waals surface area contributed by atoms with Gasteiger partial charge in [-0.2, -0.15) is 18.4 Å². The molecular weight excluding hydrogens is 433 g/mol. The summed E-state index contributed by atoms with van der Waals surface area (Å²) in [5, 5.41) is 18.3. The van der Waals surface area contributed by atoms with E-state index in [4.69, 9.17) is 5.14 Å². The van der Waals surface area contributed by atoms with Crippen LogP contribution < -0.4 is 5.14 Å². The van der Waals surface area contributed by atoms with Gasteiger partial charge in [-0.1, -0.05) is 24.3 Å². The number of aromatic amines is 1. The van der Waals surface area contributed by atoms with Crippen molar-refractivity contribution < 1.29 is 26.1 Å². The van der Waals surface area contributed by atoms with E-state index in [9.17, 15) is 21.6 Å². The Hall–Kier alpha value is -2.57. The zero-order chi connectivity index (χ0) is 22.6. The molecule has 1 aliphatic carbocycles. The third-order valence-electron chi connectivity index (χ3n) is 5.78. The number of nitrogens with two attached hydrogens (primary N) is 1. The van der Waals surface area contributed by atoms with Gasteiger partial charge in [-0.05, 0) is 34.8 Å². The number of sulfonamides is 1. The number of quaternary nitrogens is 1. The minimum Gasteiger partial charge on any atom is -0.327 e. The number of primary sulfonamides is 1. The number of rotatable bonds is 4. The summed E-state index contributed by atoms with van der Waals surface area (Å²) in [5.41, 5.74) is 0.652. The molecule has 166 valence electrons. The fourth-order valence-corrected chi connectivity index (χ4v) is 5.52. The normalized spacial score (nSPS) is 20.2. The van der Waals surface area contributed by atoms with Crippen molar-refractivity contribution in [3.8, 4) is 0 Å². The Labute approximate surface area is 177 Å². The maximum atomic E-state index is 13.6. The van der Waals surface area contributed by atoms with Gasteiger partial charge in [0.1, 0.15) is 4.91 Å². The van der Waals surface area contributed by atoms with Gasteiger partial charge in [-0.3, -0.25) is 0 Å². The van der Waals surface area contributed by atoms with Crippen LogP contribution in [0.4, 0.5) is 13.2 Å². The minimum atomic E-state index is -4.86. The monoisotopic (exact) mass is 455 g/mol. The predicted molar refractivity (Wildman–Crippen MR) is 107 cm³/mol. The lowest BCUT2D eigenvalue weighted by Gasteiger charge is -2.44. The summed E-state index contributed by atoms with van der Waals surface area (Å²) in [6, 6.07) is 7.45. The molecule has 1 aromatic carbocycles. The smallest absolute Gasteiger partial charge is 0.327 e. The Morgan fingerprint density at radius 2 is 1.77 bits per heavy atom. The predicted octanol–water partition coefficient (Wildman–Crippen LogP) is 2.18. The Morgan fingerprint density at radius 1 is 1.13 bits per heavy atom. The first-order valence-corrected chi connectivity index (χ1v) is 11.1. The zero-order valence-electron chi connectivity index (χ0n) is 16.9. The molecule has 2 aliphatic rings. The van der Waals surface area contributed by atoms with Gasteiger partial charge in [-0.15, -0.1) is 10.2 Å². The summed E-state index contributed by atoms with van der Waals surface area (Å²) in [6.07, 6.45) is -5.41. The highest BCUT2D eigenvalue weighted by atomic mass is 32.2. The van der Waals surface area contributed by atoms with Crippen LogP contribution in [0.3, 0.4) is 0 Å². The van der Waals surface area contributed by atoms with Crippen LogP contribution in [-0.4, -0.2) is 66.9 Å². The van der Waals surface area contributed by atoms with Crippen LogP contribution in [0.5, 0.6) is 0 Å². The van der Waals surface area contributed by atoms with E-state index in [0.717, 1.165) is 23.1 Å². The van der Waals surface area contributed by atoms with E-state index in [0.29, 0.717) is 17.1 Å². The molecule has 0 bridgehead atoms. The van der Waals surface area contributed by atoms with E-state index in [2.05, 4.69) is 34.7 Å². The molecule has 0 spiro atoms. The number of H-pyrrole nitrogens is 1. The molecule has 4 rings (SSSR count). The molecule has 0 radical (unpaired) electrons. The Bertz CT molecular complexity index is 1160. The maximum Gasteiger partial charge on any atom is 0.414 e. The summed E-state index contributed by atoms with van der Waals surface area (Å²) in [4.78, 5) is -0.996. The van der Waals surface area contributed by atoms with E-state index in [1.165, 1.54) is 0 Å². The lowest BCUT2D eigenvalue weighted by Crippen LogP contribution is -2.56. The number of tetrazole rings is 1. The highest BCUT2D eigenvalue weighted by molar-refractivity contribution is 7.93. The lowest BCUT2D eigenvalue weighted by atomic mass is 9.85. The van der Waals surface area contributed by atoms with Crippen LogP contribution in [0.1, 0.15) is 35.7 Å². The second kappa shape index (κ2) is 7.24. The van der Waals surface area contributed by atoms with E-state index >= 15 is 0 Å². The van der Waals surface area contributed by atoms with Gasteiger partial charge in [0, 0.05) is 5.57 Å². The molecule has 2 heterocycles. The van der Waals surface area contributed by atoms with Crippen molar-refractivity contribution in [2.75, 3.05) is 27.2 Å². The average molecular weight is 455 g/mol. The molecular formula is C19H22F3N6O2S+. The van der Waals surface area contributed by atoms with Crippen molar-refractivity contribution in [1.82, 2.24) is 20.6 Å². The van der Waals surface area contributed by atoms with Gasteiger partial charge in [0.25, 0.3) is 0 Å². The number of likely N-dealkylation sites (tertiary alicyclic amines) is 1. The molecule has 1 fully saturated rings. The average Bonchev–Trinajstić information content (AvgIpc) is 3.18. The quantitative estimate of drug-likeness (QED) is 0.686. The molecule has 1 saturated heterocycles. The van der Waals surface area contributed by atoms with E-state index in [1.54, 1.807) is 12.1 Å². The summed E-state index contributed by atoms with van der Waals surface area (Å²) in [5.74, 6) is 0.167. The Balaban J connectivity index is 1.85. The first-order chi connectivity index (χ1) is 14.4. The second-order valence-corrected chi connectivity index (χ2v) is 10.1.